The molecule has 0 bridgehead atoms. The van der Waals surface area contributed by atoms with E-state index in [9.17, 15) is 14.1 Å². The molecule has 2 saturated heterocycles. The van der Waals surface area contributed by atoms with Gasteiger partial charge in [0.05, 0.1) is 37.4 Å². The zero-order valence-corrected chi connectivity index (χ0v) is 23.3. The van der Waals surface area contributed by atoms with Gasteiger partial charge in [-0.05, 0) is 54.5 Å². The average molecular weight is 545 g/mol. The molecule has 1 unspecified atom stereocenters. The zero-order chi connectivity index (χ0) is 27.1. The maximum Gasteiger partial charge on any atom is 0.220 e. The van der Waals surface area contributed by atoms with E-state index in [-0.39, 0.29) is 36.5 Å². The van der Waals surface area contributed by atoms with Crippen LogP contribution in [0.4, 0.5) is 0 Å². The normalized spacial score (nSPS) is 23.3. The molecule has 9 heteroatoms. The number of fused-ring (bicyclic) bond motifs is 1. The Morgan fingerprint density at radius 3 is 2.55 bits per heavy atom. The number of rotatable bonds is 13. The molecule has 2 aliphatic rings. The van der Waals surface area contributed by atoms with Gasteiger partial charge < -0.3 is 24.6 Å². The van der Waals surface area contributed by atoms with Crippen molar-refractivity contribution < 1.29 is 28.3 Å². The van der Waals surface area contributed by atoms with Gasteiger partial charge in [0.2, 0.25) is 5.91 Å². The molecule has 0 aliphatic carbocycles. The van der Waals surface area contributed by atoms with Crippen LogP contribution in [0, 0.1) is 17.8 Å². The van der Waals surface area contributed by atoms with E-state index in [1.807, 2.05) is 30.3 Å². The predicted octanol–water partition coefficient (Wildman–Crippen LogP) is 3.16. The second-order valence-electron chi connectivity index (χ2n) is 10.6. The Morgan fingerprint density at radius 2 is 1.87 bits per heavy atom. The number of aliphatic hydroxyl groups excluding tert-OH is 1. The SMILES string of the molecule is COc1ccc(S(=O)N(CC(C)C)C[C@@H](O)[C@H](Cc2ccccc2)NC(=O)C[C@H]2CO[C@H]3OCC[C@@H]23)cc1. The summed E-state index contributed by atoms with van der Waals surface area (Å²) in [7, 11) is 0.111. The Bertz CT molecular complexity index is 1050. The van der Waals surface area contributed by atoms with Crippen molar-refractivity contribution >= 4 is 16.9 Å². The number of nitrogens with one attached hydrogen (secondary N) is 1. The first-order valence-corrected chi connectivity index (χ1v) is 14.5. The lowest BCUT2D eigenvalue weighted by molar-refractivity contribution is -0.124. The predicted molar refractivity (Wildman–Crippen MR) is 146 cm³/mol. The molecule has 2 heterocycles. The first-order valence-electron chi connectivity index (χ1n) is 13.4. The van der Waals surface area contributed by atoms with Gasteiger partial charge in [0, 0.05) is 25.4 Å². The highest BCUT2D eigenvalue weighted by molar-refractivity contribution is 7.82. The minimum absolute atomic E-state index is 0.108. The van der Waals surface area contributed by atoms with Gasteiger partial charge in [-0.2, -0.15) is 0 Å². The van der Waals surface area contributed by atoms with Crippen LogP contribution in [0.3, 0.4) is 0 Å². The lowest BCUT2D eigenvalue weighted by atomic mass is 9.90. The molecule has 2 aliphatic heterocycles. The molecule has 2 fully saturated rings. The molecular formula is C29H40N2O6S. The number of methoxy groups -OCH3 is 1. The summed E-state index contributed by atoms with van der Waals surface area (Å²) < 4.78 is 31.8. The topological polar surface area (TPSA) is 97.3 Å². The van der Waals surface area contributed by atoms with E-state index in [0.717, 1.165) is 12.0 Å². The Kier molecular flexibility index (Phi) is 10.3. The molecule has 38 heavy (non-hydrogen) atoms. The summed E-state index contributed by atoms with van der Waals surface area (Å²) in [6.07, 6.45) is 0.573. The molecule has 2 aromatic rings. The summed E-state index contributed by atoms with van der Waals surface area (Å²) in [4.78, 5) is 13.8. The number of aliphatic hydroxyl groups is 1. The maximum atomic E-state index is 13.5. The van der Waals surface area contributed by atoms with E-state index >= 15 is 0 Å². The summed E-state index contributed by atoms with van der Waals surface area (Å²) in [5, 5.41) is 14.5. The molecule has 1 amide bonds. The number of nitrogens with zero attached hydrogens (tertiary/aromatic N) is 1. The number of amides is 1. The minimum atomic E-state index is -1.48. The van der Waals surface area contributed by atoms with Gasteiger partial charge in [-0.3, -0.25) is 4.79 Å². The fourth-order valence-corrected chi connectivity index (χ4v) is 6.60. The highest BCUT2D eigenvalue weighted by Gasteiger charge is 2.42. The van der Waals surface area contributed by atoms with Gasteiger partial charge in [-0.1, -0.05) is 44.2 Å². The van der Waals surface area contributed by atoms with Crippen molar-refractivity contribution in [3.8, 4) is 5.75 Å². The zero-order valence-electron chi connectivity index (χ0n) is 22.5. The van der Waals surface area contributed by atoms with E-state index in [1.54, 1.807) is 35.7 Å². The third-order valence-electron chi connectivity index (χ3n) is 7.17. The Morgan fingerprint density at radius 1 is 1.13 bits per heavy atom. The van der Waals surface area contributed by atoms with E-state index < -0.39 is 23.1 Å². The summed E-state index contributed by atoms with van der Waals surface area (Å²) in [5.41, 5.74) is 1.01. The summed E-state index contributed by atoms with van der Waals surface area (Å²) in [6.45, 7) is 5.97. The van der Waals surface area contributed by atoms with Crippen molar-refractivity contribution in [2.24, 2.45) is 17.8 Å². The smallest absolute Gasteiger partial charge is 0.220 e. The summed E-state index contributed by atoms with van der Waals surface area (Å²) >= 11 is 0. The van der Waals surface area contributed by atoms with Gasteiger partial charge in [0.1, 0.15) is 16.7 Å². The monoisotopic (exact) mass is 544 g/mol. The number of ether oxygens (including phenoxy) is 3. The fraction of sp³-hybridized carbons (Fsp3) is 0.552. The second-order valence-corrected chi connectivity index (χ2v) is 12.1. The van der Waals surface area contributed by atoms with E-state index in [4.69, 9.17) is 14.2 Å². The Balaban J connectivity index is 1.46. The largest absolute Gasteiger partial charge is 0.497 e. The quantitative estimate of drug-likeness (QED) is 0.402. The molecule has 0 radical (unpaired) electrons. The molecule has 2 N–H and O–H groups in total. The van der Waals surface area contributed by atoms with E-state index in [1.165, 1.54) is 0 Å². The van der Waals surface area contributed by atoms with Crippen LogP contribution in [0.15, 0.2) is 59.5 Å². The van der Waals surface area contributed by atoms with Gasteiger partial charge in [-0.25, -0.2) is 8.51 Å². The Hall–Kier alpha value is -2.30. The number of hydrogen-bond donors (Lipinski definition) is 2. The molecule has 2 aromatic carbocycles. The molecule has 0 spiro atoms. The van der Waals surface area contributed by atoms with Gasteiger partial charge in [-0.15, -0.1) is 0 Å². The van der Waals surface area contributed by atoms with Crippen LogP contribution >= 0.6 is 0 Å². The van der Waals surface area contributed by atoms with Crippen LogP contribution in [0.5, 0.6) is 5.75 Å². The first kappa shape index (κ1) is 28.7. The van der Waals surface area contributed by atoms with Crippen LogP contribution in [-0.4, -0.2) is 71.4 Å². The van der Waals surface area contributed by atoms with Gasteiger partial charge in [0.25, 0.3) is 0 Å². The molecule has 0 aromatic heterocycles. The minimum Gasteiger partial charge on any atom is -0.497 e. The molecule has 8 nitrogen and oxygen atoms in total. The molecule has 208 valence electrons. The maximum absolute atomic E-state index is 13.5. The van der Waals surface area contributed by atoms with E-state index in [2.05, 4.69) is 19.2 Å². The summed E-state index contributed by atoms with van der Waals surface area (Å²) in [5.74, 6) is 1.16. The lowest BCUT2D eigenvalue weighted by Gasteiger charge is -2.30. The fourth-order valence-electron chi connectivity index (χ4n) is 5.21. The third-order valence-corrected chi connectivity index (χ3v) is 8.62. The van der Waals surface area contributed by atoms with Gasteiger partial charge >= 0.3 is 0 Å². The van der Waals surface area contributed by atoms with Crippen molar-refractivity contribution in [1.82, 2.24) is 9.62 Å². The third kappa shape index (κ3) is 7.64. The highest BCUT2D eigenvalue weighted by Crippen LogP contribution is 2.37. The second kappa shape index (κ2) is 13.7. The van der Waals surface area contributed by atoms with Crippen LogP contribution in [0.25, 0.3) is 0 Å². The van der Waals surface area contributed by atoms with Crippen molar-refractivity contribution in [2.45, 2.75) is 56.4 Å². The number of hydrogen-bond acceptors (Lipinski definition) is 6. The van der Waals surface area contributed by atoms with Crippen molar-refractivity contribution in [3.63, 3.8) is 0 Å². The number of benzene rings is 2. The van der Waals surface area contributed by atoms with Crippen LogP contribution in [-0.2, 0) is 31.7 Å². The average Bonchev–Trinajstić information content (AvgIpc) is 3.53. The highest BCUT2D eigenvalue weighted by atomic mass is 32.2. The first-order chi connectivity index (χ1) is 18.3. The Labute approximate surface area is 228 Å². The molecule has 6 atom stereocenters. The van der Waals surface area contributed by atoms with Crippen LogP contribution < -0.4 is 10.1 Å². The van der Waals surface area contributed by atoms with E-state index in [0.29, 0.717) is 43.2 Å². The van der Waals surface area contributed by atoms with Crippen molar-refractivity contribution in [1.29, 1.82) is 0 Å². The molecular weight excluding hydrogens is 504 g/mol. The van der Waals surface area contributed by atoms with Gasteiger partial charge in [0.15, 0.2) is 6.29 Å². The van der Waals surface area contributed by atoms with Crippen molar-refractivity contribution in [2.75, 3.05) is 33.4 Å². The lowest BCUT2D eigenvalue weighted by Crippen LogP contribution is -2.50. The number of carbonyl (C=O) groups excluding carboxylic acids is 1. The molecule has 0 saturated carbocycles. The molecule has 4 rings (SSSR count). The summed E-state index contributed by atoms with van der Waals surface area (Å²) in [6, 6.07) is 16.4. The van der Waals surface area contributed by atoms with Crippen LogP contribution in [0.2, 0.25) is 0 Å². The standard InChI is InChI=1S/C29H40N2O6S/c1-20(2)17-31(38(34)24-11-9-23(35-3)10-12-24)18-27(32)26(15-21-7-5-4-6-8-21)30-28(33)16-22-19-37-29-25(22)13-14-36-29/h4-12,20,22,25-27,29,32H,13-19H2,1-3H3,(H,30,33)/t22-,25-,26-,27+,29+,38?/m0/s1. The number of carbonyl (C=O) groups is 1. The van der Waals surface area contributed by atoms with Crippen LogP contribution in [0.1, 0.15) is 32.3 Å². The van der Waals surface area contributed by atoms with Crippen molar-refractivity contribution in [3.05, 3.63) is 60.2 Å².